The molecule has 3 aliphatic rings. The van der Waals surface area contributed by atoms with Crippen LogP contribution < -0.4 is 46.1 Å². The molecular weight excluding hydrogens is 780 g/mol. The fourth-order valence-electron chi connectivity index (χ4n) is 7.69. The summed E-state index contributed by atoms with van der Waals surface area (Å²) in [7, 11) is 3.16. The molecule has 1 unspecified atom stereocenters. The lowest BCUT2D eigenvalue weighted by Crippen LogP contribution is -2.52. The second-order valence-electron chi connectivity index (χ2n) is 14.9. The summed E-state index contributed by atoms with van der Waals surface area (Å²) < 4.78 is 12.9. The molecule has 59 heavy (non-hydrogen) atoms. The number of carbonyl (C=O) groups excluding carboxylic acids is 4. The molecule has 312 valence electrons. The van der Waals surface area contributed by atoms with Crippen LogP contribution in [0.1, 0.15) is 43.0 Å². The van der Waals surface area contributed by atoms with E-state index >= 15 is 0 Å². The number of hydrogen-bond acceptors (Lipinski definition) is 13. The third-order valence-electron chi connectivity index (χ3n) is 11.0. The number of rotatable bonds is 13. The molecule has 4 aromatic rings. The molecule has 7 rings (SSSR count). The predicted molar refractivity (Wildman–Crippen MR) is 224 cm³/mol. The summed E-state index contributed by atoms with van der Waals surface area (Å²) in [6.45, 7) is 8.05. The van der Waals surface area contributed by atoms with E-state index in [1.807, 2.05) is 37.3 Å². The first-order valence-corrected chi connectivity index (χ1v) is 20.3. The zero-order valence-corrected chi connectivity index (χ0v) is 34.1. The van der Waals surface area contributed by atoms with Crippen LogP contribution >= 0.6 is 11.6 Å². The Kier molecular flexibility index (Phi) is 12.8. The summed E-state index contributed by atoms with van der Waals surface area (Å²) in [6, 6.07) is 12.0. The third-order valence-corrected chi connectivity index (χ3v) is 11.3. The van der Waals surface area contributed by atoms with Crippen LogP contribution in [0.4, 0.5) is 23.1 Å². The molecule has 2 aromatic carbocycles. The van der Waals surface area contributed by atoms with Crippen LogP contribution in [0.15, 0.2) is 53.5 Å². The molecule has 0 radical (unpaired) electrons. The van der Waals surface area contributed by atoms with Gasteiger partial charge in [0.15, 0.2) is 18.2 Å². The minimum atomic E-state index is -0.762. The molecule has 1 atom stereocenters. The second-order valence-corrected chi connectivity index (χ2v) is 15.3. The molecule has 4 amide bonds. The molecule has 4 N–H and O–H groups in total. The maximum atomic E-state index is 13.1. The number of nitrogens with zero attached hydrogens (tertiary/aromatic N) is 6. The molecule has 0 spiro atoms. The van der Waals surface area contributed by atoms with Crippen molar-refractivity contribution in [3.05, 3.63) is 69.6 Å². The number of likely N-dealkylation sites (N-methyl/N-ethyl adjacent to an activating group) is 1. The van der Waals surface area contributed by atoms with Gasteiger partial charge in [0.05, 0.1) is 23.9 Å². The third kappa shape index (κ3) is 9.69. The summed E-state index contributed by atoms with van der Waals surface area (Å²) in [4.78, 5) is 77.7. The van der Waals surface area contributed by atoms with E-state index in [2.05, 4.69) is 41.0 Å². The van der Waals surface area contributed by atoms with Crippen molar-refractivity contribution in [1.29, 1.82) is 0 Å². The van der Waals surface area contributed by atoms with E-state index in [0.717, 1.165) is 69.7 Å². The molecule has 3 saturated heterocycles. The van der Waals surface area contributed by atoms with Gasteiger partial charge in [0.1, 0.15) is 16.8 Å². The molecule has 17 nitrogen and oxygen atoms in total. The Bertz CT molecular complexity index is 2290. The molecule has 2 aromatic heterocycles. The van der Waals surface area contributed by atoms with Gasteiger partial charge in [0.2, 0.25) is 17.8 Å². The molecule has 18 heteroatoms. The molecule has 5 heterocycles. The van der Waals surface area contributed by atoms with Crippen LogP contribution in [-0.4, -0.2) is 115 Å². The van der Waals surface area contributed by atoms with Gasteiger partial charge in [-0.3, -0.25) is 34.2 Å². The van der Waals surface area contributed by atoms with Gasteiger partial charge >= 0.3 is 0 Å². The summed E-state index contributed by atoms with van der Waals surface area (Å²) >= 11 is 6.56. The van der Waals surface area contributed by atoms with Crippen molar-refractivity contribution < 1.29 is 28.7 Å². The van der Waals surface area contributed by atoms with Crippen LogP contribution in [-0.2, 0) is 21.4 Å². The standard InChI is InChI=1S/C41H49ClN10O7/c1-4-58-33-21-28(6-7-29(33)38(55)46-31-8-10-35(53)47-39(31)56)51-13-11-25(12-14-51)23-50-15-17-52(18-16-50)41-44-22-30(42)37(48-41)45-27-5-9-32-26(19-27)20-34(40(57)49(32)3)59-24-36(54)43-2/h5-7,9,19-22,25,31H,4,8,10-18,23-24H2,1-3H3,(H,43,54)(H,46,55)(H,44,45,48)(H,47,53,56). The van der Waals surface area contributed by atoms with Crippen molar-refractivity contribution in [3.8, 4) is 11.5 Å². The van der Waals surface area contributed by atoms with Gasteiger partial charge in [0, 0.05) is 89.2 Å². The average molecular weight is 829 g/mol. The lowest BCUT2D eigenvalue weighted by atomic mass is 9.95. The van der Waals surface area contributed by atoms with E-state index in [1.54, 1.807) is 25.4 Å². The minimum Gasteiger partial charge on any atom is -0.493 e. The number of pyridine rings is 1. The number of hydrogen-bond donors (Lipinski definition) is 4. The van der Waals surface area contributed by atoms with Crippen molar-refractivity contribution in [2.24, 2.45) is 13.0 Å². The SMILES string of the molecule is CCOc1cc(N2CCC(CN3CCN(c4ncc(Cl)c(Nc5ccc6c(c5)cc(OCC(=O)NC)c(=O)n6C)n4)CC3)CC2)ccc1C(=O)NC1CCC(=O)NC1=O. The van der Waals surface area contributed by atoms with Gasteiger partial charge < -0.3 is 39.8 Å². The number of nitrogens with one attached hydrogen (secondary N) is 4. The maximum Gasteiger partial charge on any atom is 0.293 e. The predicted octanol–water partition coefficient (Wildman–Crippen LogP) is 2.82. The van der Waals surface area contributed by atoms with Gasteiger partial charge in [0.25, 0.3) is 17.4 Å². The highest BCUT2D eigenvalue weighted by Crippen LogP contribution is 2.31. The Balaban J connectivity index is 0.911. The number of anilines is 4. The molecule has 3 aliphatic heterocycles. The second kappa shape index (κ2) is 18.3. The number of fused-ring (bicyclic) bond motifs is 1. The summed E-state index contributed by atoms with van der Waals surface area (Å²) in [6.07, 6.45) is 4.12. The fraction of sp³-hybridized carbons (Fsp3) is 0.439. The molecule has 0 saturated carbocycles. The lowest BCUT2D eigenvalue weighted by molar-refractivity contribution is -0.134. The minimum absolute atomic E-state index is 0.0746. The van der Waals surface area contributed by atoms with Crippen molar-refractivity contribution >= 4 is 69.3 Å². The number of aromatic nitrogens is 3. The van der Waals surface area contributed by atoms with Gasteiger partial charge in [-0.1, -0.05) is 11.6 Å². The Hall–Kier alpha value is -5.94. The topological polar surface area (TPSA) is 192 Å². The number of benzene rings is 2. The largest absolute Gasteiger partial charge is 0.493 e. The zero-order chi connectivity index (χ0) is 41.6. The van der Waals surface area contributed by atoms with Crippen LogP contribution in [0.5, 0.6) is 11.5 Å². The number of halogens is 1. The highest BCUT2D eigenvalue weighted by Gasteiger charge is 2.30. The Labute approximate surface area is 346 Å². The summed E-state index contributed by atoms with van der Waals surface area (Å²) in [5.74, 6) is 0.564. The fourth-order valence-corrected chi connectivity index (χ4v) is 7.83. The molecule has 0 aliphatic carbocycles. The van der Waals surface area contributed by atoms with Crippen LogP contribution in [0, 0.1) is 5.92 Å². The highest BCUT2D eigenvalue weighted by molar-refractivity contribution is 6.33. The number of piperazine rings is 1. The number of piperidine rings is 2. The first-order chi connectivity index (χ1) is 28.5. The summed E-state index contributed by atoms with van der Waals surface area (Å²) in [5, 5.41) is 11.9. The number of carbonyl (C=O) groups is 4. The van der Waals surface area contributed by atoms with Crippen LogP contribution in [0.3, 0.4) is 0 Å². The molecule has 3 fully saturated rings. The van der Waals surface area contributed by atoms with E-state index < -0.39 is 17.9 Å². The first-order valence-electron chi connectivity index (χ1n) is 19.9. The van der Waals surface area contributed by atoms with Crippen molar-refractivity contribution in [1.82, 2.24) is 35.4 Å². The maximum absolute atomic E-state index is 13.1. The van der Waals surface area contributed by atoms with Crippen molar-refractivity contribution in [3.63, 3.8) is 0 Å². The van der Waals surface area contributed by atoms with E-state index in [-0.39, 0.29) is 42.6 Å². The summed E-state index contributed by atoms with van der Waals surface area (Å²) in [5.41, 5.74) is 2.41. The van der Waals surface area contributed by atoms with Gasteiger partial charge in [-0.25, -0.2) is 4.98 Å². The number of aryl methyl sites for hydroxylation is 1. The number of ether oxygens (including phenoxy) is 2. The van der Waals surface area contributed by atoms with E-state index in [0.29, 0.717) is 51.8 Å². The smallest absolute Gasteiger partial charge is 0.293 e. The van der Waals surface area contributed by atoms with Crippen molar-refractivity contribution in [2.75, 3.05) is 81.2 Å². The van der Waals surface area contributed by atoms with Crippen molar-refractivity contribution in [2.45, 2.75) is 38.6 Å². The van der Waals surface area contributed by atoms with Gasteiger partial charge in [-0.05, 0) is 68.5 Å². The van der Waals surface area contributed by atoms with E-state index in [4.69, 9.17) is 26.1 Å². The lowest BCUT2D eigenvalue weighted by Gasteiger charge is -2.39. The van der Waals surface area contributed by atoms with Gasteiger partial charge in [-0.15, -0.1) is 0 Å². The molecule has 0 bridgehead atoms. The van der Waals surface area contributed by atoms with E-state index in [9.17, 15) is 24.0 Å². The normalized spacial score (nSPS) is 17.7. The monoisotopic (exact) mass is 828 g/mol. The first kappa shape index (κ1) is 41.2. The molecular formula is C41H49ClN10O7. The highest BCUT2D eigenvalue weighted by atomic mass is 35.5. The average Bonchev–Trinajstić information content (AvgIpc) is 3.24. The number of imide groups is 1. The van der Waals surface area contributed by atoms with E-state index in [1.165, 1.54) is 11.6 Å². The van der Waals surface area contributed by atoms with Crippen LogP contribution in [0.2, 0.25) is 5.02 Å². The Morgan fingerprint density at radius 3 is 2.44 bits per heavy atom. The Morgan fingerprint density at radius 2 is 1.71 bits per heavy atom. The number of amides is 4. The van der Waals surface area contributed by atoms with Gasteiger partial charge in [-0.2, -0.15) is 4.98 Å². The quantitative estimate of drug-likeness (QED) is 0.144. The van der Waals surface area contributed by atoms with Crippen LogP contribution in [0.25, 0.3) is 10.9 Å². The Morgan fingerprint density at radius 1 is 0.932 bits per heavy atom. The zero-order valence-electron chi connectivity index (χ0n) is 33.4.